The van der Waals surface area contributed by atoms with E-state index in [4.69, 9.17) is 4.74 Å². The quantitative estimate of drug-likeness (QED) is 0.187. The lowest BCUT2D eigenvalue weighted by Crippen LogP contribution is -2.65. The second-order valence-electron chi connectivity index (χ2n) is 17.3. The first kappa shape index (κ1) is 32.5. The molecule has 0 bridgehead atoms. The number of tetrazole rings is 1. The average Bonchev–Trinajstić information content (AvgIpc) is 3.59. The predicted octanol–water partition coefficient (Wildman–Crippen LogP) is 8.05. The third-order valence-electron chi connectivity index (χ3n) is 15.3. The lowest BCUT2D eigenvalue weighted by Gasteiger charge is -2.70. The third-order valence-corrected chi connectivity index (χ3v) is 15.3. The lowest BCUT2D eigenvalue weighted by molar-refractivity contribution is -0.192. The van der Waals surface area contributed by atoms with Crippen LogP contribution in [0, 0.1) is 56.7 Å². The number of ketones is 1. The molecule has 8 heteroatoms. The number of esters is 1. The number of H-pyrrole nitrogens is 1. The predicted molar refractivity (Wildman–Crippen MR) is 183 cm³/mol. The molecule has 0 amide bonds. The van der Waals surface area contributed by atoms with Gasteiger partial charge in [-0.05, 0) is 127 Å². The SMILES string of the molecule is C[C@H]1[C@H](C)CC[C@]2(C(=O)OCCNc3ccc(-c4nn[nH]n4)cc3)CC[C@]3(C)C(=CC[C@@H]4[C@@]5(C)CCC(=O)C(C)(C)[C@@H]5CC[C@]43C)[C@H]12. The standard InChI is InChI=1S/C39H55N5O3/c1-24-14-19-39(34(46)47-23-22-40-27-10-8-26(9-11-27)33-41-43-44-42-33)21-20-37(6)28(32(39)25(24)2)12-13-30-36(5)17-16-31(45)35(3,4)29(36)15-18-38(30,37)7/h8-12,24-25,29-30,32,40H,13-23H2,1-7H3,(H,41,42,43,44)/t24-,25+,29+,30-,32+,36+,37-,38-,39+/m1/s1. The van der Waals surface area contributed by atoms with E-state index in [9.17, 15) is 9.59 Å². The van der Waals surface area contributed by atoms with Crippen LogP contribution in [-0.2, 0) is 14.3 Å². The summed E-state index contributed by atoms with van der Waals surface area (Å²) in [6.45, 7) is 17.8. The molecule has 0 unspecified atom stereocenters. The van der Waals surface area contributed by atoms with Crippen molar-refractivity contribution in [2.24, 2.45) is 56.7 Å². The van der Waals surface area contributed by atoms with Crippen LogP contribution in [0.4, 0.5) is 5.69 Å². The number of carbonyl (C=O) groups excluding carboxylic acids is 2. The van der Waals surface area contributed by atoms with Crippen molar-refractivity contribution in [3.63, 3.8) is 0 Å². The highest BCUT2D eigenvalue weighted by atomic mass is 16.5. The molecule has 1 heterocycles. The molecule has 47 heavy (non-hydrogen) atoms. The fourth-order valence-corrected chi connectivity index (χ4v) is 12.1. The number of ether oxygens (including phenoxy) is 1. The maximum Gasteiger partial charge on any atom is 0.312 e. The minimum atomic E-state index is -0.451. The Hall–Kier alpha value is -3.03. The molecule has 7 rings (SSSR count). The number of benzene rings is 1. The zero-order valence-electron chi connectivity index (χ0n) is 29.6. The highest BCUT2D eigenvalue weighted by molar-refractivity contribution is 5.85. The Balaban J connectivity index is 1.11. The van der Waals surface area contributed by atoms with Gasteiger partial charge in [0.15, 0.2) is 0 Å². The van der Waals surface area contributed by atoms with Crippen LogP contribution in [0.1, 0.15) is 106 Å². The van der Waals surface area contributed by atoms with Crippen molar-refractivity contribution < 1.29 is 14.3 Å². The van der Waals surface area contributed by atoms with Crippen LogP contribution < -0.4 is 5.32 Å². The topological polar surface area (TPSA) is 110 Å². The molecule has 1 aromatic heterocycles. The summed E-state index contributed by atoms with van der Waals surface area (Å²) in [4.78, 5) is 27.5. The third kappa shape index (κ3) is 4.69. The zero-order valence-corrected chi connectivity index (χ0v) is 29.6. The molecule has 0 spiro atoms. The molecule has 0 radical (unpaired) electrons. The largest absolute Gasteiger partial charge is 0.463 e. The first-order valence-electron chi connectivity index (χ1n) is 18.3. The Morgan fingerprint density at radius 3 is 2.47 bits per heavy atom. The Morgan fingerprint density at radius 1 is 0.979 bits per heavy atom. The van der Waals surface area contributed by atoms with Crippen LogP contribution in [0.25, 0.3) is 11.4 Å². The summed E-state index contributed by atoms with van der Waals surface area (Å²) < 4.78 is 6.20. The highest BCUT2D eigenvalue weighted by Gasteiger charge is 2.69. The van der Waals surface area contributed by atoms with Gasteiger partial charge < -0.3 is 10.1 Å². The van der Waals surface area contributed by atoms with E-state index < -0.39 is 5.41 Å². The highest BCUT2D eigenvalue weighted by Crippen LogP contribution is 2.75. The molecule has 5 aliphatic rings. The van der Waals surface area contributed by atoms with Gasteiger partial charge in [0.1, 0.15) is 12.4 Å². The number of hydrogen-bond acceptors (Lipinski definition) is 7. The van der Waals surface area contributed by atoms with E-state index in [-0.39, 0.29) is 33.5 Å². The molecular weight excluding hydrogens is 586 g/mol. The second kappa shape index (κ2) is 11.3. The second-order valence-corrected chi connectivity index (χ2v) is 17.3. The number of nitrogens with one attached hydrogen (secondary N) is 2. The summed E-state index contributed by atoms with van der Waals surface area (Å²) in [5.41, 5.74) is 3.08. The van der Waals surface area contributed by atoms with Crippen molar-refractivity contribution in [3.8, 4) is 11.4 Å². The number of carbonyl (C=O) groups is 2. The van der Waals surface area contributed by atoms with Gasteiger partial charge >= 0.3 is 5.97 Å². The van der Waals surface area contributed by atoms with Gasteiger partial charge in [-0.15, -0.1) is 10.2 Å². The Labute approximate surface area is 280 Å². The number of aromatic nitrogens is 4. The van der Waals surface area contributed by atoms with Gasteiger partial charge in [-0.1, -0.05) is 60.1 Å². The fourth-order valence-electron chi connectivity index (χ4n) is 12.1. The summed E-state index contributed by atoms with van der Waals surface area (Å²) in [5.74, 6) is 3.25. The first-order valence-corrected chi connectivity index (χ1v) is 18.3. The summed E-state index contributed by atoms with van der Waals surface area (Å²) in [7, 11) is 0. The van der Waals surface area contributed by atoms with E-state index >= 15 is 0 Å². The number of hydrogen-bond donors (Lipinski definition) is 2. The summed E-state index contributed by atoms with van der Waals surface area (Å²) in [6, 6.07) is 7.88. The van der Waals surface area contributed by atoms with E-state index in [1.807, 2.05) is 24.3 Å². The number of anilines is 1. The summed E-state index contributed by atoms with van der Waals surface area (Å²) in [5, 5.41) is 17.6. The molecule has 2 aromatic rings. The van der Waals surface area contributed by atoms with Crippen LogP contribution in [0.3, 0.4) is 0 Å². The van der Waals surface area contributed by atoms with Gasteiger partial charge in [-0.25, -0.2) is 0 Å². The maximum absolute atomic E-state index is 14.3. The Kier molecular flexibility index (Phi) is 7.79. The average molecular weight is 642 g/mol. The van der Waals surface area contributed by atoms with E-state index in [1.54, 1.807) is 5.57 Å². The van der Waals surface area contributed by atoms with Crippen molar-refractivity contribution in [1.82, 2.24) is 20.6 Å². The zero-order chi connectivity index (χ0) is 33.4. The molecule has 0 aliphatic heterocycles. The number of aromatic amines is 1. The van der Waals surface area contributed by atoms with Crippen LogP contribution in [-0.4, -0.2) is 45.5 Å². The van der Waals surface area contributed by atoms with E-state index in [1.165, 1.54) is 6.42 Å². The van der Waals surface area contributed by atoms with Crippen LogP contribution in [0.5, 0.6) is 0 Å². The molecule has 254 valence electrons. The molecular formula is C39H55N5O3. The van der Waals surface area contributed by atoms with E-state index in [0.717, 1.165) is 56.2 Å². The first-order chi connectivity index (χ1) is 22.3. The fraction of sp³-hybridized carbons (Fsp3) is 0.718. The van der Waals surface area contributed by atoms with E-state index in [2.05, 4.69) is 80.5 Å². The number of rotatable bonds is 6. The normalized spacial score (nSPS) is 40.6. The van der Waals surface area contributed by atoms with Crippen LogP contribution >= 0.6 is 0 Å². The van der Waals surface area contributed by atoms with Crippen molar-refractivity contribution in [2.75, 3.05) is 18.5 Å². The summed E-state index contributed by atoms with van der Waals surface area (Å²) >= 11 is 0. The molecule has 1 aromatic carbocycles. The number of fused-ring (bicyclic) bond motifs is 7. The summed E-state index contributed by atoms with van der Waals surface area (Å²) in [6.07, 6.45) is 11.6. The van der Waals surface area contributed by atoms with Gasteiger partial charge in [0.05, 0.1) is 5.41 Å². The number of allylic oxidation sites excluding steroid dienone is 2. The van der Waals surface area contributed by atoms with Gasteiger partial charge in [0.2, 0.25) is 5.82 Å². The monoisotopic (exact) mass is 641 g/mol. The lowest BCUT2D eigenvalue weighted by atomic mass is 9.33. The van der Waals surface area contributed by atoms with Crippen molar-refractivity contribution in [1.29, 1.82) is 0 Å². The van der Waals surface area contributed by atoms with E-state index in [0.29, 0.717) is 54.9 Å². The minimum absolute atomic E-state index is 0.00828. The molecule has 4 saturated carbocycles. The van der Waals surface area contributed by atoms with Gasteiger partial charge in [-0.2, -0.15) is 5.21 Å². The molecule has 9 atom stereocenters. The minimum Gasteiger partial charge on any atom is -0.463 e. The smallest absolute Gasteiger partial charge is 0.312 e. The van der Waals surface area contributed by atoms with Crippen molar-refractivity contribution in [3.05, 3.63) is 35.9 Å². The van der Waals surface area contributed by atoms with Gasteiger partial charge in [-0.3, -0.25) is 9.59 Å². The Morgan fingerprint density at radius 2 is 1.74 bits per heavy atom. The molecule has 4 fully saturated rings. The van der Waals surface area contributed by atoms with Gasteiger partial charge in [0.25, 0.3) is 0 Å². The van der Waals surface area contributed by atoms with Crippen molar-refractivity contribution in [2.45, 2.75) is 106 Å². The van der Waals surface area contributed by atoms with Crippen molar-refractivity contribution >= 4 is 17.4 Å². The molecule has 8 nitrogen and oxygen atoms in total. The molecule has 5 aliphatic carbocycles. The van der Waals surface area contributed by atoms with Gasteiger partial charge in [0, 0.05) is 29.6 Å². The van der Waals surface area contributed by atoms with Crippen LogP contribution in [0.2, 0.25) is 0 Å². The Bertz CT molecular complexity index is 1550. The number of Topliss-reactive ketones (excluding diaryl/α,β-unsaturated/α-hetero) is 1. The van der Waals surface area contributed by atoms with Crippen LogP contribution in [0.15, 0.2) is 35.9 Å². The maximum atomic E-state index is 14.3. The molecule has 2 N–H and O–H groups in total. The number of nitrogens with zero attached hydrogens (tertiary/aromatic N) is 3. The molecule has 0 saturated heterocycles.